The number of carbonyl (C=O) groups is 1. The van der Waals surface area contributed by atoms with Gasteiger partial charge in [0.25, 0.3) is 0 Å². The molecule has 1 nitrogen and oxygen atoms in total. The van der Waals surface area contributed by atoms with Crippen LogP contribution in [0.25, 0.3) is 21.9 Å². The fourth-order valence-electron chi connectivity index (χ4n) is 2.95. The van der Waals surface area contributed by atoms with Crippen LogP contribution >= 0.6 is 0 Å². The Morgan fingerprint density at radius 3 is 2.37 bits per heavy atom. The Kier molecular flexibility index (Phi) is 1.96. The second-order valence-electron chi connectivity index (χ2n) is 5.07. The molecule has 3 aromatic rings. The van der Waals surface area contributed by atoms with Gasteiger partial charge in [-0.3, -0.25) is 4.79 Å². The molecule has 90 valence electrons. The van der Waals surface area contributed by atoms with Gasteiger partial charge in [0, 0.05) is 11.1 Å². The van der Waals surface area contributed by atoms with Crippen LogP contribution in [0.4, 0.5) is 0 Å². The van der Waals surface area contributed by atoms with Crippen molar-refractivity contribution in [3.63, 3.8) is 0 Å². The summed E-state index contributed by atoms with van der Waals surface area (Å²) >= 11 is 0. The molecule has 0 aromatic heterocycles. The zero-order valence-electron chi connectivity index (χ0n) is 10.6. The van der Waals surface area contributed by atoms with Crippen LogP contribution < -0.4 is 0 Å². The number of benzene rings is 3. The lowest BCUT2D eigenvalue weighted by Gasteiger charge is -2.06. The summed E-state index contributed by atoms with van der Waals surface area (Å²) in [4.78, 5) is 12.4. The first kappa shape index (κ1) is 10.5. The van der Waals surface area contributed by atoms with E-state index in [4.69, 9.17) is 0 Å². The lowest BCUT2D eigenvalue weighted by Crippen LogP contribution is -1.94. The van der Waals surface area contributed by atoms with Gasteiger partial charge >= 0.3 is 0 Å². The molecule has 0 heterocycles. The number of hydrogen-bond donors (Lipinski definition) is 0. The topological polar surface area (TPSA) is 17.1 Å². The first-order chi connectivity index (χ1) is 9.25. The highest BCUT2D eigenvalue weighted by Crippen LogP contribution is 2.39. The Bertz CT molecular complexity index is 843. The van der Waals surface area contributed by atoms with Crippen LogP contribution in [0.3, 0.4) is 0 Å². The number of ketones is 1. The average molecular weight is 244 g/mol. The number of rotatable bonds is 0. The summed E-state index contributed by atoms with van der Waals surface area (Å²) in [5, 5.41) is 2.37. The molecule has 0 aliphatic heterocycles. The van der Waals surface area contributed by atoms with E-state index in [1.165, 1.54) is 10.9 Å². The zero-order chi connectivity index (χ0) is 13.0. The molecule has 0 bridgehead atoms. The van der Waals surface area contributed by atoms with Crippen LogP contribution in [0, 0.1) is 6.92 Å². The van der Waals surface area contributed by atoms with Gasteiger partial charge in [-0.05, 0) is 46.5 Å². The number of fused-ring (bicyclic) bond motifs is 4. The molecular formula is C18H12O. The predicted octanol–water partition coefficient (Wildman–Crippen LogP) is 4.36. The van der Waals surface area contributed by atoms with Crippen molar-refractivity contribution < 1.29 is 4.79 Å². The van der Waals surface area contributed by atoms with Crippen molar-refractivity contribution in [2.75, 3.05) is 0 Å². The van der Waals surface area contributed by atoms with Gasteiger partial charge in [-0.15, -0.1) is 0 Å². The van der Waals surface area contributed by atoms with Crippen LogP contribution in [-0.2, 0) is 0 Å². The fraction of sp³-hybridized carbons (Fsp3) is 0.0556. The number of aryl methyl sites for hydroxylation is 1. The third kappa shape index (κ3) is 1.33. The van der Waals surface area contributed by atoms with Crippen molar-refractivity contribution in [2.45, 2.75) is 6.92 Å². The van der Waals surface area contributed by atoms with Crippen molar-refractivity contribution in [1.29, 1.82) is 0 Å². The summed E-state index contributed by atoms with van der Waals surface area (Å²) in [6.07, 6.45) is 0. The molecule has 0 fully saturated rings. The maximum atomic E-state index is 12.4. The number of carbonyl (C=O) groups excluding carboxylic acids is 1. The Labute approximate surface area is 111 Å². The van der Waals surface area contributed by atoms with Gasteiger partial charge in [0.1, 0.15) is 0 Å². The minimum Gasteiger partial charge on any atom is -0.289 e. The Hall–Kier alpha value is -2.41. The van der Waals surface area contributed by atoms with Crippen LogP contribution in [0.1, 0.15) is 21.5 Å². The van der Waals surface area contributed by atoms with Gasteiger partial charge < -0.3 is 0 Å². The molecule has 0 spiro atoms. The van der Waals surface area contributed by atoms with Crippen molar-refractivity contribution >= 4 is 16.6 Å². The predicted molar refractivity (Wildman–Crippen MR) is 77.6 cm³/mol. The molecule has 1 aliphatic rings. The first-order valence-electron chi connectivity index (χ1n) is 6.43. The molecule has 0 amide bonds. The normalized spacial score (nSPS) is 12.6. The van der Waals surface area contributed by atoms with E-state index in [0.717, 1.165) is 27.6 Å². The van der Waals surface area contributed by atoms with Gasteiger partial charge in [-0.2, -0.15) is 0 Å². The summed E-state index contributed by atoms with van der Waals surface area (Å²) < 4.78 is 0. The molecule has 0 saturated heterocycles. The molecule has 4 rings (SSSR count). The van der Waals surface area contributed by atoms with E-state index in [2.05, 4.69) is 25.1 Å². The maximum absolute atomic E-state index is 12.4. The minimum absolute atomic E-state index is 0.147. The van der Waals surface area contributed by atoms with Crippen molar-refractivity contribution in [3.05, 3.63) is 71.3 Å². The maximum Gasteiger partial charge on any atom is 0.194 e. The standard InChI is InChI=1S/C18H12O/c1-11-5-4-6-12-9-17-16(10-15(11)12)13-7-2-3-8-14(13)18(17)19/h2-10H,1H3. The van der Waals surface area contributed by atoms with Crippen LogP contribution in [0.2, 0.25) is 0 Å². The minimum atomic E-state index is 0.147. The lowest BCUT2D eigenvalue weighted by atomic mass is 9.98. The Morgan fingerprint density at radius 2 is 1.53 bits per heavy atom. The second kappa shape index (κ2) is 3.55. The number of hydrogen-bond acceptors (Lipinski definition) is 1. The van der Waals surface area contributed by atoms with E-state index < -0.39 is 0 Å². The van der Waals surface area contributed by atoms with Gasteiger partial charge in [0.15, 0.2) is 5.78 Å². The monoisotopic (exact) mass is 244 g/mol. The molecule has 1 aliphatic carbocycles. The summed E-state index contributed by atoms with van der Waals surface area (Å²) in [6, 6.07) is 18.3. The first-order valence-corrected chi connectivity index (χ1v) is 6.43. The van der Waals surface area contributed by atoms with Crippen LogP contribution in [0.15, 0.2) is 54.6 Å². The fourth-order valence-corrected chi connectivity index (χ4v) is 2.95. The van der Waals surface area contributed by atoms with E-state index in [1.807, 2.05) is 36.4 Å². The molecule has 1 heteroatoms. The van der Waals surface area contributed by atoms with Gasteiger partial charge in [-0.25, -0.2) is 0 Å². The third-order valence-electron chi connectivity index (χ3n) is 3.94. The molecule has 0 radical (unpaired) electrons. The molecule has 19 heavy (non-hydrogen) atoms. The van der Waals surface area contributed by atoms with E-state index in [1.54, 1.807) is 0 Å². The highest BCUT2D eigenvalue weighted by Gasteiger charge is 2.26. The molecule has 3 aromatic carbocycles. The van der Waals surface area contributed by atoms with Crippen LogP contribution in [-0.4, -0.2) is 5.78 Å². The van der Waals surface area contributed by atoms with Crippen molar-refractivity contribution in [3.8, 4) is 11.1 Å². The molecule has 0 saturated carbocycles. The Morgan fingerprint density at radius 1 is 0.737 bits per heavy atom. The quantitative estimate of drug-likeness (QED) is 0.449. The smallest absolute Gasteiger partial charge is 0.194 e. The summed E-state index contributed by atoms with van der Waals surface area (Å²) in [5.74, 6) is 0.147. The van der Waals surface area contributed by atoms with Gasteiger partial charge in [-0.1, -0.05) is 42.5 Å². The third-order valence-corrected chi connectivity index (χ3v) is 3.94. The van der Waals surface area contributed by atoms with Gasteiger partial charge in [0.05, 0.1) is 0 Å². The SMILES string of the molecule is Cc1cccc2cc3c(cc12)-c1ccccc1C3=O. The summed E-state index contributed by atoms with van der Waals surface area (Å²) in [7, 11) is 0. The van der Waals surface area contributed by atoms with Gasteiger partial charge in [0.2, 0.25) is 0 Å². The molecule has 0 unspecified atom stereocenters. The highest BCUT2D eigenvalue weighted by molar-refractivity contribution is 6.23. The highest BCUT2D eigenvalue weighted by atomic mass is 16.1. The van der Waals surface area contributed by atoms with Crippen molar-refractivity contribution in [1.82, 2.24) is 0 Å². The van der Waals surface area contributed by atoms with Crippen molar-refractivity contribution in [2.24, 2.45) is 0 Å². The van der Waals surface area contributed by atoms with E-state index >= 15 is 0 Å². The lowest BCUT2D eigenvalue weighted by molar-refractivity contribution is 0.104. The largest absolute Gasteiger partial charge is 0.289 e. The van der Waals surface area contributed by atoms with Crippen LogP contribution in [0.5, 0.6) is 0 Å². The van der Waals surface area contributed by atoms with E-state index in [0.29, 0.717) is 0 Å². The second-order valence-corrected chi connectivity index (χ2v) is 5.07. The van der Waals surface area contributed by atoms with E-state index in [9.17, 15) is 4.79 Å². The summed E-state index contributed by atoms with van der Waals surface area (Å²) in [6.45, 7) is 2.11. The summed E-state index contributed by atoms with van der Waals surface area (Å²) in [5.41, 5.74) is 5.04. The average Bonchev–Trinajstić information content (AvgIpc) is 2.72. The molecule has 0 atom stereocenters. The zero-order valence-corrected chi connectivity index (χ0v) is 10.6. The molecule has 0 N–H and O–H groups in total. The van der Waals surface area contributed by atoms with E-state index in [-0.39, 0.29) is 5.78 Å². The molecular weight excluding hydrogens is 232 g/mol. The Balaban J connectivity index is 2.15.